The van der Waals surface area contributed by atoms with Gasteiger partial charge in [0.05, 0.1) is 13.2 Å². The first-order chi connectivity index (χ1) is 10.7. The number of aliphatic imine (C=N–C) groups is 1. The second-order valence-electron chi connectivity index (χ2n) is 6.38. The van der Waals surface area contributed by atoms with Crippen molar-refractivity contribution in [3.63, 3.8) is 0 Å². The van der Waals surface area contributed by atoms with Crippen molar-refractivity contribution in [3.05, 3.63) is 34.9 Å². The summed E-state index contributed by atoms with van der Waals surface area (Å²) in [6, 6.07) is 7.26. The van der Waals surface area contributed by atoms with Gasteiger partial charge in [0.25, 0.3) is 0 Å². The molecular weight excluding hydrogens is 274 g/mol. The lowest BCUT2D eigenvalue weighted by atomic mass is 10.00. The number of morpholine rings is 1. The minimum atomic E-state index is 0.136. The fraction of sp³-hybridized carbons (Fsp3) is 0.611. The molecule has 0 spiro atoms. The van der Waals surface area contributed by atoms with Gasteiger partial charge in [-0.25, -0.2) is 0 Å². The van der Waals surface area contributed by atoms with Gasteiger partial charge in [0, 0.05) is 19.1 Å². The van der Waals surface area contributed by atoms with Crippen LogP contribution < -0.4 is 5.32 Å². The predicted octanol–water partition coefficient (Wildman–Crippen LogP) is 2.80. The third kappa shape index (κ3) is 3.61. The molecule has 0 bridgehead atoms. The van der Waals surface area contributed by atoms with Gasteiger partial charge >= 0.3 is 0 Å². The van der Waals surface area contributed by atoms with Crippen LogP contribution in [0.1, 0.15) is 42.6 Å². The van der Waals surface area contributed by atoms with Gasteiger partial charge < -0.3 is 15.0 Å². The first-order valence-electron chi connectivity index (χ1n) is 8.42. The third-order valence-corrected chi connectivity index (χ3v) is 4.36. The SMILES string of the molecule is CCN=C(NC1CC1)N1CCOC(c2ccc(C)cc2C)C1. The summed E-state index contributed by atoms with van der Waals surface area (Å²) in [5, 5.41) is 3.58. The Bertz CT molecular complexity index is 551. The maximum Gasteiger partial charge on any atom is 0.194 e. The highest BCUT2D eigenvalue weighted by atomic mass is 16.5. The van der Waals surface area contributed by atoms with Crippen LogP contribution in [-0.2, 0) is 4.74 Å². The molecule has 1 aliphatic carbocycles. The molecule has 120 valence electrons. The lowest BCUT2D eigenvalue weighted by Crippen LogP contribution is -2.49. The first-order valence-corrected chi connectivity index (χ1v) is 8.42. The molecule has 22 heavy (non-hydrogen) atoms. The molecule has 4 heteroatoms. The smallest absolute Gasteiger partial charge is 0.194 e. The van der Waals surface area contributed by atoms with Crippen LogP contribution in [0.2, 0.25) is 0 Å². The fourth-order valence-electron chi connectivity index (χ4n) is 3.01. The number of aryl methyl sites for hydroxylation is 2. The van der Waals surface area contributed by atoms with Gasteiger partial charge in [-0.15, -0.1) is 0 Å². The van der Waals surface area contributed by atoms with Gasteiger partial charge in [0.1, 0.15) is 6.10 Å². The van der Waals surface area contributed by atoms with E-state index in [-0.39, 0.29) is 6.10 Å². The van der Waals surface area contributed by atoms with Crippen molar-refractivity contribution in [2.75, 3.05) is 26.2 Å². The van der Waals surface area contributed by atoms with E-state index in [4.69, 9.17) is 4.74 Å². The van der Waals surface area contributed by atoms with Gasteiger partial charge in [-0.1, -0.05) is 23.8 Å². The number of ether oxygens (including phenoxy) is 1. The molecule has 1 unspecified atom stereocenters. The third-order valence-electron chi connectivity index (χ3n) is 4.36. The maximum atomic E-state index is 6.04. The number of benzene rings is 1. The standard InChI is InChI=1S/C18H27N3O/c1-4-19-18(20-15-6-7-15)21-9-10-22-17(12-21)16-8-5-13(2)11-14(16)3/h5,8,11,15,17H,4,6-7,9-10,12H2,1-3H3,(H,19,20). The van der Waals surface area contributed by atoms with Gasteiger partial charge in [-0.3, -0.25) is 4.99 Å². The van der Waals surface area contributed by atoms with E-state index in [1.807, 2.05) is 0 Å². The van der Waals surface area contributed by atoms with Crippen molar-refractivity contribution >= 4 is 5.96 Å². The molecule has 1 aliphatic heterocycles. The molecule has 0 amide bonds. The number of nitrogens with one attached hydrogen (secondary N) is 1. The van der Waals surface area contributed by atoms with Crippen LogP contribution in [0.3, 0.4) is 0 Å². The van der Waals surface area contributed by atoms with Crippen LogP contribution in [0.15, 0.2) is 23.2 Å². The minimum absolute atomic E-state index is 0.136. The molecule has 1 heterocycles. The zero-order chi connectivity index (χ0) is 15.5. The molecule has 1 N–H and O–H groups in total. The highest BCUT2D eigenvalue weighted by Crippen LogP contribution is 2.26. The van der Waals surface area contributed by atoms with Gasteiger partial charge in [-0.2, -0.15) is 0 Å². The van der Waals surface area contributed by atoms with E-state index >= 15 is 0 Å². The van der Waals surface area contributed by atoms with Gasteiger partial charge in [-0.05, 0) is 44.7 Å². The predicted molar refractivity (Wildman–Crippen MR) is 90.3 cm³/mol. The summed E-state index contributed by atoms with van der Waals surface area (Å²) in [5.74, 6) is 1.06. The summed E-state index contributed by atoms with van der Waals surface area (Å²) in [4.78, 5) is 7.02. The first kappa shape index (κ1) is 15.3. The van der Waals surface area contributed by atoms with Crippen LogP contribution in [0.5, 0.6) is 0 Å². The lowest BCUT2D eigenvalue weighted by Gasteiger charge is -2.36. The normalized spacial score (nSPS) is 22.8. The Morgan fingerprint density at radius 1 is 1.36 bits per heavy atom. The Morgan fingerprint density at radius 2 is 2.18 bits per heavy atom. The highest BCUT2D eigenvalue weighted by Gasteiger charge is 2.29. The van der Waals surface area contributed by atoms with E-state index in [9.17, 15) is 0 Å². The van der Waals surface area contributed by atoms with E-state index < -0.39 is 0 Å². The summed E-state index contributed by atoms with van der Waals surface area (Å²) < 4.78 is 6.04. The Hall–Kier alpha value is -1.55. The van der Waals surface area contributed by atoms with E-state index in [0.717, 1.165) is 32.2 Å². The van der Waals surface area contributed by atoms with Crippen LogP contribution in [0.4, 0.5) is 0 Å². The fourth-order valence-corrected chi connectivity index (χ4v) is 3.01. The summed E-state index contributed by atoms with van der Waals surface area (Å²) in [5.41, 5.74) is 3.92. The van der Waals surface area contributed by atoms with Crippen LogP contribution >= 0.6 is 0 Å². The summed E-state index contributed by atoms with van der Waals surface area (Å²) in [6.07, 6.45) is 2.68. The Kier molecular flexibility index (Phi) is 4.67. The monoisotopic (exact) mass is 301 g/mol. The highest BCUT2D eigenvalue weighted by molar-refractivity contribution is 5.80. The van der Waals surface area contributed by atoms with Crippen molar-refractivity contribution < 1.29 is 4.74 Å². The molecule has 3 rings (SSSR count). The van der Waals surface area contributed by atoms with E-state index in [0.29, 0.717) is 6.04 Å². The number of rotatable bonds is 3. The number of hydrogen-bond acceptors (Lipinski definition) is 2. The topological polar surface area (TPSA) is 36.9 Å². The zero-order valence-electron chi connectivity index (χ0n) is 13.9. The van der Waals surface area contributed by atoms with Crippen LogP contribution in [-0.4, -0.2) is 43.1 Å². The summed E-state index contributed by atoms with van der Waals surface area (Å²) in [7, 11) is 0. The lowest BCUT2D eigenvalue weighted by molar-refractivity contribution is -0.00838. The molecule has 0 radical (unpaired) electrons. The molecule has 1 aromatic carbocycles. The molecule has 1 saturated heterocycles. The molecule has 1 aromatic rings. The largest absolute Gasteiger partial charge is 0.370 e. The summed E-state index contributed by atoms with van der Waals surface area (Å²) >= 11 is 0. The van der Waals surface area contributed by atoms with Crippen molar-refractivity contribution in [2.24, 2.45) is 4.99 Å². The Labute approximate surface area is 133 Å². The molecule has 1 saturated carbocycles. The molecule has 2 fully saturated rings. The number of hydrogen-bond donors (Lipinski definition) is 1. The Balaban J connectivity index is 1.73. The Morgan fingerprint density at radius 3 is 2.86 bits per heavy atom. The molecule has 1 atom stereocenters. The van der Waals surface area contributed by atoms with E-state index in [1.54, 1.807) is 0 Å². The van der Waals surface area contributed by atoms with Crippen LogP contribution in [0.25, 0.3) is 0 Å². The van der Waals surface area contributed by atoms with E-state index in [2.05, 4.69) is 54.2 Å². The molecular formula is C18H27N3O. The van der Waals surface area contributed by atoms with Crippen molar-refractivity contribution in [1.82, 2.24) is 10.2 Å². The van der Waals surface area contributed by atoms with Gasteiger partial charge in [0.2, 0.25) is 0 Å². The molecule has 4 nitrogen and oxygen atoms in total. The van der Waals surface area contributed by atoms with Crippen molar-refractivity contribution in [1.29, 1.82) is 0 Å². The molecule has 0 aromatic heterocycles. The quantitative estimate of drug-likeness (QED) is 0.689. The number of nitrogens with zero attached hydrogens (tertiary/aromatic N) is 2. The average molecular weight is 301 g/mol. The zero-order valence-corrected chi connectivity index (χ0v) is 13.9. The second-order valence-corrected chi connectivity index (χ2v) is 6.38. The average Bonchev–Trinajstić information content (AvgIpc) is 3.31. The van der Waals surface area contributed by atoms with Gasteiger partial charge in [0.15, 0.2) is 5.96 Å². The number of guanidine groups is 1. The second kappa shape index (κ2) is 6.69. The molecule has 2 aliphatic rings. The van der Waals surface area contributed by atoms with Crippen molar-refractivity contribution in [3.8, 4) is 0 Å². The van der Waals surface area contributed by atoms with E-state index in [1.165, 1.54) is 29.5 Å². The van der Waals surface area contributed by atoms with Crippen LogP contribution in [0, 0.1) is 13.8 Å². The van der Waals surface area contributed by atoms with Crippen molar-refractivity contribution in [2.45, 2.75) is 45.8 Å². The maximum absolute atomic E-state index is 6.04. The summed E-state index contributed by atoms with van der Waals surface area (Å²) in [6.45, 7) is 9.78. The minimum Gasteiger partial charge on any atom is -0.370 e.